The van der Waals surface area contributed by atoms with E-state index in [1.54, 1.807) is 0 Å². The van der Waals surface area contributed by atoms with E-state index in [0.29, 0.717) is 0 Å². The van der Waals surface area contributed by atoms with Crippen LogP contribution in [0.5, 0.6) is 5.88 Å². The lowest BCUT2D eigenvalue weighted by molar-refractivity contribution is -0.137. The molecular formula is C14H7BrCl2F3NO2. The second kappa shape index (κ2) is 6.67. The second-order valence-corrected chi connectivity index (χ2v) is 5.93. The van der Waals surface area contributed by atoms with E-state index in [2.05, 4.69) is 20.9 Å². The van der Waals surface area contributed by atoms with Crippen molar-refractivity contribution < 1.29 is 22.7 Å². The third-order valence-corrected chi connectivity index (χ3v) is 4.23. The SMILES string of the molecule is COc1ccc(Cl)c(C(=O)c2c(Br)ccc(C(F)(F)F)c2Cl)n1. The van der Waals surface area contributed by atoms with Gasteiger partial charge in [0.25, 0.3) is 0 Å². The molecule has 9 heteroatoms. The number of halogens is 6. The predicted molar refractivity (Wildman–Crippen MR) is 83.4 cm³/mol. The van der Waals surface area contributed by atoms with E-state index in [0.717, 1.165) is 12.1 Å². The molecule has 0 spiro atoms. The molecule has 0 aliphatic carbocycles. The molecule has 0 bridgehead atoms. The fraction of sp³-hybridized carbons (Fsp3) is 0.143. The standard InChI is InChI=1S/C14H7BrCl2F3NO2/c1-23-9-5-4-8(16)12(21-9)13(22)10-7(15)3-2-6(11(10)17)14(18,19)20/h2-5H,1H3. The van der Waals surface area contributed by atoms with Gasteiger partial charge in [0.15, 0.2) is 0 Å². The van der Waals surface area contributed by atoms with Gasteiger partial charge in [-0.2, -0.15) is 13.2 Å². The maximum Gasteiger partial charge on any atom is 0.417 e. The van der Waals surface area contributed by atoms with Crippen LogP contribution < -0.4 is 4.74 Å². The number of alkyl halides is 3. The molecule has 1 aromatic carbocycles. The molecule has 122 valence electrons. The second-order valence-electron chi connectivity index (χ2n) is 4.29. The molecule has 0 aliphatic rings. The van der Waals surface area contributed by atoms with Gasteiger partial charge in [-0.25, -0.2) is 4.98 Å². The minimum atomic E-state index is -4.70. The molecular weight excluding hydrogens is 422 g/mol. The van der Waals surface area contributed by atoms with Crippen LogP contribution in [0.3, 0.4) is 0 Å². The summed E-state index contributed by atoms with van der Waals surface area (Å²) >= 11 is 14.7. The molecule has 2 rings (SSSR count). The van der Waals surface area contributed by atoms with Gasteiger partial charge in [0.2, 0.25) is 11.7 Å². The van der Waals surface area contributed by atoms with E-state index in [4.69, 9.17) is 27.9 Å². The van der Waals surface area contributed by atoms with E-state index in [9.17, 15) is 18.0 Å². The number of aromatic nitrogens is 1. The minimum Gasteiger partial charge on any atom is -0.481 e. The summed E-state index contributed by atoms with van der Waals surface area (Å²) in [4.78, 5) is 16.4. The van der Waals surface area contributed by atoms with Gasteiger partial charge in [0.1, 0.15) is 5.69 Å². The van der Waals surface area contributed by atoms with Gasteiger partial charge in [0, 0.05) is 10.5 Å². The van der Waals surface area contributed by atoms with Crippen molar-refractivity contribution in [3.05, 3.63) is 55.6 Å². The lowest BCUT2D eigenvalue weighted by Gasteiger charge is -2.14. The van der Waals surface area contributed by atoms with Crippen LogP contribution in [0.15, 0.2) is 28.7 Å². The van der Waals surface area contributed by atoms with Crippen molar-refractivity contribution in [2.45, 2.75) is 6.18 Å². The summed E-state index contributed by atoms with van der Waals surface area (Å²) in [5.74, 6) is -0.756. The Morgan fingerprint density at radius 1 is 1.22 bits per heavy atom. The topological polar surface area (TPSA) is 39.2 Å². The first kappa shape index (κ1) is 18.0. The van der Waals surface area contributed by atoms with Gasteiger partial charge in [0.05, 0.1) is 28.3 Å². The molecule has 0 unspecified atom stereocenters. The molecule has 1 heterocycles. The van der Waals surface area contributed by atoms with Crippen LogP contribution in [0.1, 0.15) is 21.6 Å². The average molecular weight is 429 g/mol. The number of rotatable bonds is 3. The summed E-state index contributed by atoms with van der Waals surface area (Å²) in [6.07, 6.45) is -4.70. The highest BCUT2D eigenvalue weighted by Gasteiger charge is 2.36. The van der Waals surface area contributed by atoms with Gasteiger partial charge in [-0.3, -0.25) is 4.79 Å². The van der Waals surface area contributed by atoms with Crippen LogP contribution >= 0.6 is 39.1 Å². The normalized spacial score (nSPS) is 11.4. The number of nitrogens with zero attached hydrogens (tertiary/aromatic N) is 1. The fourth-order valence-electron chi connectivity index (χ4n) is 1.80. The summed E-state index contributed by atoms with van der Waals surface area (Å²) in [6, 6.07) is 4.65. The summed E-state index contributed by atoms with van der Waals surface area (Å²) in [6.45, 7) is 0. The Hall–Kier alpha value is -1.31. The average Bonchev–Trinajstić information content (AvgIpc) is 2.46. The van der Waals surface area contributed by atoms with Crippen molar-refractivity contribution in [1.82, 2.24) is 4.98 Å². The van der Waals surface area contributed by atoms with Crippen LogP contribution in [0.2, 0.25) is 10.0 Å². The number of hydrogen-bond donors (Lipinski definition) is 0. The van der Waals surface area contributed by atoms with E-state index >= 15 is 0 Å². The van der Waals surface area contributed by atoms with Crippen LogP contribution in [0.25, 0.3) is 0 Å². The molecule has 0 fully saturated rings. The van der Waals surface area contributed by atoms with Crippen molar-refractivity contribution in [1.29, 1.82) is 0 Å². The summed E-state index contributed by atoms with van der Waals surface area (Å²) < 4.78 is 43.8. The van der Waals surface area contributed by atoms with Gasteiger partial charge in [-0.15, -0.1) is 0 Å². The number of pyridine rings is 1. The number of benzene rings is 1. The Morgan fingerprint density at radius 3 is 2.43 bits per heavy atom. The zero-order valence-corrected chi connectivity index (χ0v) is 14.4. The van der Waals surface area contributed by atoms with E-state index in [1.807, 2.05) is 0 Å². The summed E-state index contributed by atoms with van der Waals surface area (Å²) in [5, 5.41) is -0.756. The number of carbonyl (C=O) groups excluding carboxylic acids is 1. The highest BCUT2D eigenvalue weighted by atomic mass is 79.9. The quantitative estimate of drug-likeness (QED) is 0.613. The highest BCUT2D eigenvalue weighted by molar-refractivity contribution is 9.10. The Bertz CT molecular complexity index is 781. The minimum absolute atomic E-state index is 0.0313. The first-order chi connectivity index (χ1) is 10.7. The van der Waals surface area contributed by atoms with Gasteiger partial charge >= 0.3 is 6.18 Å². The Balaban J connectivity index is 2.65. The molecule has 0 atom stereocenters. The fourth-order valence-corrected chi connectivity index (χ4v) is 2.97. The summed E-state index contributed by atoms with van der Waals surface area (Å²) in [5.41, 5.74) is -1.75. The molecule has 0 aliphatic heterocycles. The molecule has 2 aromatic rings. The maximum atomic E-state index is 13.0. The monoisotopic (exact) mass is 427 g/mol. The largest absolute Gasteiger partial charge is 0.481 e. The molecule has 0 saturated carbocycles. The highest BCUT2D eigenvalue weighted by Crippen LogP contribution is 2.40. The van der Waals surface area contributed by atoms with Crippen LogP contribution in [0.4, 0.5) is 13.2 Å². The van der Waals surface area contributed by atoms with Gasteiger partial charge in [-0.05, 0) is 34.1 Å². The molecule has 0 N–H and O–H groups in total. The Labute approximate surface area is 147 Å². The van der Waals surface area contributed by atoms with Gasteiger partial charge < -0.3 is 4.74 Å². The zero-order valence-electron chi connectivity index (χ0n) is 11.3. The number of ether oxygens (including phenoxy) is 1. The molecule has 1 aromatic heterocycles. The predicted octanol–water partition coefficient (Wildman–Crippen LogP) is 5.41. The number of hydrogen-bond acceptors (Lipinski definition) is 3. The molecule has 0 saturated heterocycles. The van der Waals surface area contributed by atoms with Crippen molar-refractivity contribution in [3.63, 3.8) is 0 Å². The smallest absolute Gasteiger partial charge is 0.417 e. The van der Waals surface area contributed by atoms with Crippen molar-refractivity contribution >= 4 is 44.9 Å². The van der Waals surface area contributed by atoms with Crippen LogP contribution in [-0.4, -0.2) is 17.9 Å². The van der Waals surface area contributed by atoms with Crippen LogP contribution in [-0.2, 0) is 6.18 Å². The lowest BCUT2D eigenvalue weighted by Crippen LogP contribution is -2.12. The number of methoxy groups -OCH3 is 1. The first-order valence-electron chi connectivity index (χ1n) is 5.97. The van der Waals surface area contributed by atoms with Crippen molar-refractivity contribution in [2.75, 3.05) is 7.11 Å². The lowest BCUT2D eigenvalue weighted by atomic mass is 10.0. The van der Waals surface area contributed by atoms with Crippen LogP contribution in [0, 0.1) is 0 Å². The van der Waals surface area contributed by atoms with E-state index in [-0.39, 0.29) is 26.6 Å². The Morgan fingerprint density at radius 2 is 1.87 bits per heavy atom. The van der Waals surface area contributed by atoms with Crippen molar-refractivity contribution in [3.8, 4) is 5.88 Å². The number of ketones is 1. The third-order valence-electron chi connectivity index (χ3n) is 2.87. The molecule has 3 nitrogen and oxygen atoms in total. The Kier molecular flexibility index (Phi) is 5.23. The molecule has 23 heavy (non-hydrogen) atoms. The molecule has 0 amide bonds. The van der Waals surface area contributed by atoms with Crippen molar-refractivity contribution in [2.24, 2.45) is 0 Å². The third kappa shape index (κ3) is 3.62. The maximum absolute atomic E-state index is 13.0. The molecule has 0 radical (unpaired) electrons. The first-order valence-corrected chi connectivity index (χ1v) is 7.52. The summed E-state index contributed by atoms with van der Waals surface area (Å²) in [7, 11) is 1.33. The zero-order chi connectivity index (χ0) is 17.4. The van der Waals surface area contributed by atoms with Gasteiger partial charge in [-0.1, -0.05) is 23.2 Å². The van der Waals surface area contributed by atoms with E-state index < -0.39 is 22.5 Å². The number of carbonyl (C=O) groups is 1. The van der Waals surface area contributed by atoms with E-state index in [1.165, 1.54) is 19.2 Å².